The number of nitrogens with zero attached hydrogens (tertiary/aromatic N) is 2. The summed E-state index contributed by atoms with van der Waals surface area (Å²) in [5, 5.41) is 6.84. The number of ether oxygens (including phenoxy) is 3. The number of likely N-dealkylation sites (N-methyl/N-ethyl adjacent to an activating group) is 1. The average molecular weight is 443 g/mol. The first-order valence-corrected chi connectivity index (χ1v) is 11.0. The van der Waals surface area contributed by atoms with Crippen LogP contribution < -0.4 is 20.1 Å². The number of nitrogens with one attached hydrogen (secondary N) is 2. The van der Waals surface area contributed by atoms with Crippen molar-refractivity contribution in [3.63, 3.8) is 0 Å². The van der Waals surface area contributed by atoms with E-state index in [1.165, 1.54) is 0 Å². The Morgan fingerprint density at radius 2 is 1.84 bits per heavy atom. The molecule has 0 heterocycles. The lowest BCUT2D eigenvalue weighted by Gasteiger charge is -2.27. The van der Waals surface area contributed by atoms with Crippen molar-refractivity contribution in [1.29, 1.82) is 0 Å². The molecule has 7 heteroatoms. The first-order valence-electron chi connectivity index (χ1n) is 11.0. The van der Waals surface area contributed by atoms with Crippen LogP contribution in [0.25, 0.3) is 0 Å². The first kappa shape index (κ1) is 25.5. The highest BCUT2D eigenvalue weighted by Crippen LogP contribution is 2.27. The zero-order chi connectivity index (χ0) is 23.3. The van der Waals surface area contributed by atoms with Gasteiger partial charge in [-0.25, -0.2) is 0 Å². The molecule has 0 spiro atoms. The van der Waals surface area contributed by atoms with E-state index >= 15 is 0 Å². The molecule has 2 aromatic rings. The van der Waals surface area contributed by atoms with E-state index in [-0.39, 0.29) is 6.04 Å². The van der Waals surface area contributed by atoms with Gasteiger partial charge in [-0.15, -0.1) is 0 Å². The van der Waals surface area contributed by atoms with Crippen LogP contribution in [0.5, 0.6) is 11.5 Å². The third-order valence-electron chi connectivity index (χ3n) is 5.17. The Morgan fingerprint density at radius 1 is 1.06 bits per heavy atom. The van der Waals surface area contributed by atoms with Crippen LogP contribution in [0.15, 0.2) is 47.5 Å². The number of methoxy groups -OCH3 is 1. The smallest absolute Gasteiger partial charge is 0.191 e. The van der Waals surface area contributed by atoms with Crippen molar-refractivity contribution in [3.8, 4) is 11.5 Å². The van der Waals surface area contributed by atoms with E-state index in [2.05, 4.69) is 65.8 Å². The van der Waals surface area contributed by atoms with Gasteiger partial charge in [0.15, 0.2) is 5.96 Å². The Hall–Kier alpha value is -2.77. The van der Waals surface area contributed by atoms with Crippen LogP contribution >= 0.6 is 0 Å². The van der Waals surface area contributed by atoms with E-state index in [0.717, 1.165) is 34.1 Å². The van der Waals surface area contributed by atoms with Gasteiger partial charge in [-0.3, -0.25) is 4.99 Å². The second-order valence-electron chi connectivity index (χ2n) is 7.68. The van der Waals surface area contributed by atoms with Crippen LogP contribution in [0.1, 0.15) is 29.7 Å². The zero-order valence-electron chi connectivity index (χ0n) is 20.3. The normalized spacial score (nSPS) is 12.5. The molecular formula is C25H38N4O3. The number of aryl methyl sites for hydroxylation is 1. The molecule has 1 unspecified atom stereocenters. The van der Waals surface area contributed by atoms with Crippen molar-refractivity contribution in [3.05, 3.63) is 59.2 Å². The molecule has 0 aliphatic heterocycles. The summed E-state index contributed by atoms with van der Waals surface area (Å²) in [6, 6.07) is 14.5. The molecule has 0 radical (unpaired) electrons. The standard InChI is InChI=1S/C25H38N4O3/c1-7-31-14-15-32-24-16-19(2)12-13-20(24)17-27-25(26-3)28-18-22(29(4)5)21-10-8-9-11-23(21)30-6/h8-13,16,22H,7,14-15,17-18H2,1-6H3,(H2,26,27,28). The molecule has 0 saturated heterocycles. The molecule has 0 bridgehead atoms. The van der Waals surface area contributed by atoms with Crippen molar-refractivity contribution < 1.29 is 14.2 Å². The van der Waals surface area contributed by atoms with Crippen LogP contribution in [0.3, 0.4) is 0 Å². The van der Waals surface area contributed by atoms with Crippen molar-refractivity contribution >= 4 is 5.96 Å². The molecule has 7 nitrogen and oxygen atoms in total. The summed E-state index contributed by atoms with van der Waals surface area (Å²) in [6.07, 6.45) is 0. The van der Waals surface area contributed by atoms with Crippen LogP contribution in [0.4, 0.5) is 0 Å². The number of hydrogen-bond acceptors (Lipinski definition) is 5. The van der Waals surface area contributed by atoms with Gasteiger partial charge in [0, 0.05) is 37.9 Å². The maximum atomic E-state index is 5.95. The topological polar surface area (TPSA) is 67.3 Å². The number of guanidine groups is 1. The van der Waals surface area contributed by atoms with E-state index < -0.39 is 0 Å². The Balaban J connectivity index is 2.00. The van der Waals surface area contributed by atoms with Gasteiger partial charge >= 0.3 is 0 Å². The van der Waals surface area contributed by atoms with Crippen LogP contribution in [-0.4, -0.2) is 65.5 Å². The predicted octanol–water partition coefficient (Wildman–Crippen LogP) is 3.39. The zero-order valence-corrected chi connectivity index (χ0v) is 20.3. The lowest BCUT2D eigenvalue weighted by atomic mass is 10.0. The maximum absolute atomic E-state index is 5.95. The summed E-state index contributed by atoms with van der Waals surface area (Å²) in [5.74, 6) is 2.48. The van der Waals surface area contributed by atoms with Crippen molar-refractivity contribution in [1.82, 2.24) is 15.5 Å². The summed E-state index contributed by atoms with van der Waals surface area (Å²) < 4.78 is 16.9. The fourth-order valence-electron chi connectivity index (χ4n) is 3.40. The molecule has 176 valence electrons. The van der Waals surface area contributed by atoms with Gasteiger partial charge in [0.25, 0.3) is 0 Å². The maximum Gasteiger partial charge on any atom is 0.191 e. The average Bonchev–Trinajstić information content (AvgIpc) is 2.79. The number of aliphatic imine (C=N–C) groups is 1. The lowest BCUT2D eigenvalue weighted by Crippen LogP contribution is -2.41. The second-order valence-corrected chi connectivity index (χ2v) is 7.68. The highest BCUT2D eigenvalue weighted by Gasteiger charge is 2.18. The van der Waals surface area contributed by atoms with Gasteiger partial charge < -0.3 is 29.7 Å². The molecule has 32 heavy (non-hydrogen) atoms. The Kier molecular flexibility index (Phi) is 10.8. The van der Waals surface area contributed by atoms with Gasteiger partial charge in [-0.1, -0.05) is 30.3 Å². The molecule has 0 aliphatic rings. The van der Waals surface area contributed by atoms with Crippen molar-refractivity contribution in [2.75, 3.05) is 54.6 Å². The van der Waals surface area contributed by atoms with Crippen LogP contribution in [-0.2, 0) is 11.3 Å². The summed E-state index contributed by atoms with van der Waals surface area (Å²) in [4.78, 5) is 6.56. The van der Waals surface area contributed by atoms with E-state index in [0.29, 0.717) is 32.9 Å². The molecule has 2 N–H and O–H groups in total. The fraction of sp³-hybridized carbons (Fsp3) is 0.480. The molecule has 1 atom stereocenters. The molecule has 0 amide bonds. The lowest BCUT2D eigenvalue weighted by molar-refractivity contribution is 0.110. The summed E-state index contributed by atoms with van der Waals surface area (Å²) >= 11 is 0. The van der Waals surface area contributed by atoms with Gasteiger partial charge in [0.1, 0.15) is 18.1 Å². The van der Waals surface area contributed by atoms with Crippen molar-refractivity contribution in [2.24, 2.45) is 4.99 Å². The quantitative estimate of drug-likeness (QED) is 0.298. The molecule has 0 fully saturated rings. The Bertz CT molecular complexity index is 855. The van der Waals surface area contributed by atoms with Gasteiger partial charge in [-0.05, 0) is 45.6 Å². The SMILES string of the molecule is CCOCCOc1cc(C)ccc1CNC(=NC)NCC(c1ccccc1OC)N(C)C. The summed E-state index contributed by atoms with van der Waals surface area (Å²) in [5.41, 5.74) is 3.36. The largest absolute Gasteiger partial charge is 0.496 e. The predicted molar refractivity (Wildman–Crippen MR) is 131 cm³/mol. The first-order chi connectivity index (χ1) is 15.5. The van der Waals surface area contributed by atoms with Gasteiger partial charge in [-0.2, -0.15) is 0 Å². The Labute approximate surface area is 192 Å². The second kappa shape index (κ2) is 13.6. The third-order valence-corrected chi connectivity index (χ3v) is 5.17. The molecule has 0 saturated carbocycles. The minimum absolute atomic E-state index is 0.126. The minimum Gasteiger partial charge on any atom is -0.496 e. The van der Waals surface area contributed by atoms with E-state index in [1.54, 1.807) is 14.2 Å². The van der Waals surface area contributed by atoms with Crippen LogP contribution in [0, 0.1) is 6.92 Å². The van der Waals surface area contributed by atoms with E-state index in [1.807, 2.05) is 25.1 Å². The van der Waals surface area contributed by atoms with Crippen LogP contribution in [0.2, 0.25) is 0 Å². The highest BCUT2D eigenvalue weighted by molar-refractivity contribution is 5.79. The molecule has 0 aliphatic carbocycles. The van der Waals surface area contributed by atoms with E-state index in [9.17, 15) is 0 Å². The fourth-order valence-corrected chi connectivity index (χ4v) is 3.40. The van der Waals surface area contributed by atoms with Gasteiger partial charge in [0.05, 0.1) is 19.8 Å². The molecule has 2 rings (SSSR count). The monoisotopic (exact) mass is 442 g/mol. The molecule has 2 aromatic carbocycles. The molecule has 0 aromatic heterocycles. The highest BCUT2D eigenvalue weighted by atomic mass is 16.5. The number of rotatable bonds is 12. The number of hydrogen-bond donors (Lipinski definition) is 2. The number of benzene rings is 2. The van der Waals surface area contributed by atoms with Gasteiger partial charge in [0.2, 0.25) is 0 Å². The summed E-state index contributed by atoms with van der Waals surface area (Å²) in [6.45, 7) is 7.12. The number of para-hydroxylation sites is 1. The minimum atomic E-state index is 0.126. The summed E-state index contributed by atoms with van der Waals surface area (Å²) in [7, 11) is 7.60. The van der Waals surface area contributed by atoms with Crippen molar-refractivity contribution in [2.45, 2.75) is 26.4 Å². The third kappa shape index (κ3) is 7.73. The Morgan fingerprint density at radius 3 is 2.53 bits per heavy atom. The van der Waals surface area contributed by atoms with E-state index in [4.69, 9.17) is 14.2 Å². The molecular weight excluding hydrogens is 404 g/mol.